The first-order valence-corrected chi connectivity index (χ1v) is 12.0. The number of fused-ring (bicyclic) bond motifs is 1. The quantitative estimate of drug-likeness (QED) is 0.622. The van der Waals surface area contributed by atoms with Gasteiger partial charge in [-0.05, 0) is 36.5 Å². The van der Waals surface area contributed by atoms with Gasteiger partial charge in [-0.3, -0.25) is 9.59 Å². The molecule has 1 saturated heterocycles. The van der Waals surface area contributed by atoms with Crippen LogP contribution in [0.1, 0.15) is 30.6 Å². The third-order valence-corrected chi connectivity index (χ3v) is 7.66. The molecule has 1 fully saturated rings. The van der Waals surface area contributed by atoms with Crippen LogP contribution in [0.3, 0.4) is 0 Å². The topological polar surface area (TPSA) is 107 Å². The Balaban J connectivity index is 2.00. The molecular formula is C22H31N3O6S. The second kappa shape index (κ2) is 9.70. The summed E-state index contributed by atoms with van der Waals surface area (Å²) in [5.74, 6) is -0.0566. The Kier molecular flexibility index (Phi) is 7.39. The van der Waals surface area contributed by atoms with Crippen molar-refractivity contribution >= 4 is 26.8 Å². The Labute approximate surface area is 188 Å². The molecule has 1 aromatic carbocycles. The van der Waals surface area contributed by atoms with Gasteiger partial charge in [0.15, 0.2) is 6.29 Å². The number of benzene rings is 1. The van der Waals surface area contributed by atoms with Gasteiger partial charge in [-0.2, -0.15) is 4.31 Å². The number of sulfonamides is 1. The molecule has 0 unspecified atom stereocenters. The first-order chi connectivity index (χ1) is 15.1. The maximum atomic E-state index is 13.3. The predicted octanol–water partition coefficient (Wildman–Crippen LogP) is 1.55. The molecule has 1 N–H and O–H groups in total. The summed E-state index contributed by atoms with van der Waals surface area (Å²) in [6.45, 7) is 5.04. The third-order valence-electron chi connectivity index (χ3n) is 5.83. The molecule has 2 atom stereocenters. The second-order valence-electron chi connectivity index (χ2n) is 8.54. The average molecular weight is 466 g/mol. The number of nitrogens with zero attached hydrogens (tertiary/aromatic N) is 2. The van der Waals surface area contributed by atoms with Crippen molar-refractivity contribution in [2.24, 2.45) is 18.9 Å². The molecule has 1 aromatic heterocycles. The number of nitrogens with one attached hydrogen (secondary N) is 1. The predicted molar refractivity (Wildman–Crippen MR) is 121 cm³/mol. The number of aromatic nitrogens is 1. The smallest absolute Gasteiger partial charge is 0.256 e. The van der Waals surface area contributed by atoms with E-state index in [4.69, 9.17) is 9.47 Å². The van der Waals surface area contributed by atoms with Crippen LogP contribution in [-0.2, 0) is 26.5 Å². The Morgan fingerprint density at radius 1 is 1.19 bits per heavy atom. The Hall–Kier alpha value is -2.27. The van der Waals surface area contributed by atoms with Crippen LogP contribution in [0, 0.1) is 11.8 Å². The number of piperidine rings is 1. The summed E-state index contributed by atoms with van der Waals surface area (Å²) in [4.78, 5) is 25.8. The van der Waals surface area contributed by atoms with Crippen LogP contribution in [0.25, 0.3) is 10.9 Å². The molecular weight excluding hydrogens is 434 g/mol. The number of rotatable bonds is 7. The van der Waals surface area contributed by atoms with E-state index >= 15 is 0 Å². The van der Waals surface area contributed by atoms with Gasteiger partial charge in [-0.15, -0.1) is 0 Å². The van der Waals surface area contributed by atoms with E-state index in [0.29, 0.717) is 18.6 Å². The minimum Gasteiger partial charge on any atom is -0.354 e. The zero-order valence-electron chi connectivity index (χ0n) is 19.1. The van der Waals surface area contributed by atoms with Gasteiger partial charge in [0, 0.05) is 45.9 Å². The minimum absolute atomic E-state index is 0.0554. The van der Waals surface area contributed by atoms with Gasteiger partial charge in [0.2, 0.25) is 15.5 Å². The molecule has 1 aliphatic heterocycles. The summed E-state index contributed by atoms with van der Waals surface area (Å²) >= 11 is 0. The van der Waals surface area contributed by atoms with Gasteiger partial charge in [0.25, 0.3) is 5.91 Å². The van der Waals surface area contributed by atoms with Crippen LogP contribution in [0.5, 0.6) is 0 Å². The molecule has 0 bridgehead atoms. The number of hydrogen-bond acceptors (Lipinski definition) is 6. The van der Waals surface area contributed by atoms with Crippen LogP contribution in [-0.4, -0.2) is 63.3 Å². The molecule has 176 valence electrons. The summed E-state index contributed by atoms with van der Waals surface area (Å²) in [6.07, 6.45) is 1.78. The zero-order chi connectivity index (χ0) is 23.6. The summed E-state index contributed by atoms with van der Waals surface area (Å²) in [5.41, 5.74) is -0.0716. The van der Waals surface area contributed by atoms with E-state index in [9.17, 15) is 18.0 Å². The van der Waals surface area contributed by atoms with Crippen LogP contribution in [0.15, 0.2) is 34.1 Å². The van der Waals surface area contributed by atoms with E-state index in [1.807, 2.05) is 13.8 Å². The highest BCUT2D eigenvalue weighted by atomic mass is 32.2. The van der Waals surface area contributed by atoms with E-state index in [2.05, 4.69) is 5.32 Å². The summed E-state index contributed by atoms with van der Waals surface area (Å²) in [7, 11) is 0.835. The molecule has 1 amide bonds. The molecule has 0 aliphatic carbocycles. The third kappa shape index (κ3) is 4.88. The van der Waals surface area contributed by atoms with Gasteiger partial charge in [-0.25, -0.2) is 8.42 Å². The van der Waals surface area contributed by atoms with E-state index in [1.54, 1.807) is 17.7 Å². The van der Waals surface area contributed by atoms with E-state index < -0.39 is 27.6 Å². The summed E-state index contributed by atoms with van der Waals surface area (Å²) in [5, 5.41) is 2.79. The van der Waals surface area contributed by atoms with Crippen molar-refractivity contribution in [1.29, 1.82) is 0 Å². The van der Waals surface area contributed by atoms with Crippen LogP contribution < -0.4 is 10.7 Å². The molecule has 2 aromatic rings. The maximum absolute atomic E-state index is 13.3. The number of methoxy groups -OCH3 is 2. The van der Waals surface area contributed by atoms with Crippen LogP contribution >= 0.6 is 0 Å². The number of carbonyl (C=O) groups is 1. The molecule has 0 spiro atoms. The summed E-state index contributed by atoms with van der Waals surface area (Å²) < 4.78 is 39.8. The molecule has 10 heteroatoms. The van der Waals surface area contributed by atoms with Gasteiger partial charge in [-0.1, -0.05) is 13.8 Å². The number of amides is 1. The van der Waals surface area contributed by atoms with Crippen molar-refractivity contribution in [2.75, 3.05) is 33.9 Å². The number of hydrogen-bond donors (Lipinski definition) is 1. The lowest BCUT2D eigenvalue weighted by molar-refractivity contribution is -0.0974. The van der Waals surface area contributed by atoms with Crippen LogP contribution in [0.4, 0.5) is 0 Å². The van der Waals surface area contributed by atoms with Crippen molar-refractivity contribution in [1.82, 2.24) is 14.2 Å². The van der Waals surface area contributed by atoms with Gasteiger partial charge < -0.3 is 19.4 Å². The second-order valence-corrected chi connectivity index (χ2v) is 10.5. The average Bonchev–Trinajstić information content (AvgIpc) is 2.75. The molecule has 0 saturated carbocycles. The van der Waals surface area contributed by atoms with Crippen molar-refractivity contribution in [3.05, 3.63) is 40.2 Å². The number of pyridine rings is 1. The van der Waals surface area contributed by atoms with Crippen molar-refractivity contribution in [3.8, 4) is 0 Å². The molecule has 2 heterocycles. The molecule has 3 rings (SSSR count). The zero-order valence-corrected chi connectivity index (χ0v) is 19.9. The lowest BCUT2D eigenvalue weighted by atomic mass is 9.94. The molecule has 32 heavy (non-hydrogen) atoms. The van der Waals surface area contributed by atoms with Gasteiger partial charge in [0.05, 0.1) is 17.0 Å². The molecule has 9 nitrogen and oxygen atoms in total. The SMILES string of the molecule is COC(CNC(=O)c1cn(C)c2ccc(S(=O)(=O)N3C[C@@H](C)C[C@H](C)C3)cc2c1=O)OC. The number of aryl methyl sites for hydroxylation is 1. The Morgan fingerprint density at radius 2 is 1.81 bits per heavy atom. The summed E-state index contributed by atoms with van der Waals surface area (Å²) in [6, 6.07) is 4.50. The van der Waals surface area contributed by atoms with Crippen LogP contribution in [0.2, 0.25) is 0 Å². The largest absolute Gasteiger partial charge is 0.354 e. The van der Waals surface area contributed by atoms with Crippen molar-refractivity contribution < 1.29 is 22.7 Å². The highest BCUT2D eigenvalue weighted by Crippen LogP contribution is 2.27. The highest BCUT2D eigenvalue weighted by Gasteiger charge is 2.32. The highest BCUT2D eigenvalue weighted by molar-refractivity contribution is 7.89. The van der Waals surface area contributed by atoms with Crippen molar-refractivity contribution in [2.45, 2.75) is 31.5 Å². The lowest BCUT2D eigenvalue weighted by Crippen LogP contribution is -2.42. The maximum Gasteiger partial charge on any atom is 0.256 e. The fraction of sp³-hybridized carbons (Fsp3) is 0.545. The van der Waals surface area contributed by atoms with E-state index in [-0.39, 0.29) is 34.2 Å². The Morgan fingerprint density at radius 3 is 2.41 bits per heavy atom. The van der Waals surface area contributed by atoms with E-state index in [1.165, 1.54) is 36.9 Å². The molecule has 1 aliphatic rings. The first kappa shape index (κ1) is 24.4. The van der Waals surface area contributed by atoms with Gasteiger partial charge in [0.1, 0.15) is 5.56 Å². The minimum atomic E-state index is -3.76. The standard InChI is InChI=1S/C22H31N3O6S/c1-14-8-15(2)12-25(11-14)32(28,29)16-6-7-19-17(9-16)21(26)18(13-24(19)3)22(27)23-10-20(30-4)31-5/h6-7,9,13-15,20H,8,10-12H2,1-5H3,(H,23,27)/t14-,15-/m0/s1. The van der Waals surface area contributed by atoms with E-state index in [0.717, 1.165) is 6.42 Å². The lowest BCUT2D eigenvalue weighted by Gasteiger charge is -2.34. The normalized spacial score (nSPS) is 20.1. The Bertz CT molecular complexity index is 1150. The first-order valence-electron chi connectivity index (χ1n) is 10.6. The fourth-order valence-electron chi connectivity index (χ4n) is 4.28. The number of ether oxygens (including phenoxy) is 2. The van der Waals surface area contributed by atoms with Crippen molar-refractivity contribution in [3.63, 3.8) is 0 Å². The number of carbonyl (C=O) groups excluding carboxylic acids is 1. The van der Waals surface area contributed by atoms with Gasteiger partial charge >= 0.3 is 0 Å². The molecule has 0 radical (unpaired) electrons. The monoisotopic (exact) mass is 465 g/mol. The fourth-order valence-corrected chi connectivity index (χ4v) is 5.99.